The maximum atomic E-state index is 12.0. The number of hydrogen-bond acceptors (Lipinski definition) is 2. The fourth-order valence-electron chi connectivity index (χ4n) is 1.86. The molecule has 0 bridgehead atoms. The number of carbonyl (C=O) groups is 1. The van der Waals surface area contributed by atoms with Crippen LogP contribution in [-0.4, -0.2) is 17.5 Å². The van der Waals surface area contributed by atoms with Crippen LogP contribution in [-0.2, 0) is 10.2 Å². The molecule has 0 saturated heterocycles. The van der Waals surface area contributed by atoms with Crippen LogP contribution in [0.3, 0.4) is 0 Å². The highest BCUT2D eigenvalue weighted by Crippen LogP contribution is 2.23. The lowest BCUT2D eigenvalue weighted by Crippen LogP contribution is -2.47. The first-order valence-corrected chi connectivity index (χ1v) is 7.18. The molecule has 0 spiro atoms. The van der Waals surface area contributed by atoms with Crippen molar-refractivity contribution in [2.24, 2.45) is 0 Å². The summed E-state index contributed by atoms with van der Waals surface area (Å²) in [6.45, 7) is 14.4. The minimum Gasteiger partial charge on any atom is -0.374 e. The van der Waals surface area contributed by atoms with Crippen LogP contribution < -0.4 is 10.6 Å². The van der Waals surface area contributed by atoms with Crippen molar-refractivity contribution in [2.45, 2.75) is 65.5 Å². The summed E-state index contributed by atoms with van der Waals surface area (Å²) in [5.41, 5.74) is 2.20. The lowest BCUT2D eigenvalue weighted by molar-refractivity contribution is -0.122. The van der Waals surface area contributed by atoms with Gasteiger partial charge in [-0.15, -0.1) is 0 Å². The van der Waals surface area contributed by atoms with Crippen molar-refractivity contribution in [3.8, 4) is 0 Å². The van der Waals surface area contributed by atoms with Gasteiger partial charge in [-0.3, -0.25) is 4.79 Å². The quantitative estimate of drug-likeness (QED) is 0.884. The van der Waals surface area contributed by atoms with Crippen molar-refractivity contribution in [1.29, 1.82) is 0 Å². The van der Waals surface area contributed by atoms with E-state index >= 15 is 0 Å². The van der Waals surface area contributed by atoms with Crippen LogP contribution in [0.2, 0.25) is 0 Å². The predicted molar refractivity (Wildman–Crippen MR) is 86.1 cm³/mol. The summed E-state index contributed by atoms with van der Waals surface area (Å²) in [4.78, 5) is 12.0. The molecule has 0 aliphatic heterocycles. The molecular formula is C17H28N2O. The summed E-state index contributed by atoms with van der Waals surface area (Å²) < 4.78 is 0. The second-order valence-electron chi connectivity index (χ2n) is 7.43. The highest BCUT2D eigenvalue weighted by molar-refractivity contribution is 5.84. The molecule has 1 rings (SSSR count). The molecule has 20 heavy (non-hydrogen) atoms. The maximum absolute atomic E-state index is 12.0. The lowest BCUT2D eigenvalue weighted by Gasteiger charge is -2.24. The average molecular weight is 276 g/mol. The molecule has 0 aliphatic rings. The molecule has 3 heteroatoms. The molecule has 1 amide bonds. The van der Waals surface area contributed by atoms with Crippen molar-refractivity contribution < 1.29 is 4.79 Å². The molecule has 0 aromatic heterocycles. The van der Waals surface area contributed by atoms with Gasteiger partial charge in [-0.2, -0.15) is 0 Å². The van der Waals surface area contributed by atoms with E-state index in [-0.39, 0.29) is 22.9 Å². The van der Waals surface area contributed by atoms with E-state index < -0.39 is 0 Å². The maximum Gasteiger partial charge on any atom is 0.242 e. The zero-order valence-corrected chi connectivity index (χ0v) is 13.8. The second-order valence-corrected chi connectivity index (χ2v) is 7.43. The van der Waals surface area contributed by atoms with Crippen molar-refractivity contribution in [2.75, 3.05) is 5.32 Å². The smallest absolute Gasteiger partial charge is 0.242 e. The number of nitrogens with one attached hydrogen (secondary N) is 2. The molecule has 0 radical (unpaired) electrons. The molecule has 0 aliphatic carbocycles. The van der Waals surface area contributed by atoms with Crippen LogP contribution in [0.15, 0.2) is 24.3 Å². The largest absolute Gasteiger partial charge is 0.374 e. The molecule has 0 fully saturated rings. The van der Waals surface area contributed by atoms with Gasteiger partial charge in [0.25, 0.3) is 0 Å². The summed E-state index contributed by atoms with van der Waals surface area (Å²) in [6.07, 6.45) is 0. The average Bonchev–Trinajstić information content (AvgIpc) is 2.26. The number of hydrogen-bond donors (Lipinski definition) is 2. The molecule has 1 unspecified atom stereocenters. The van der Waals surface area contributed by atoms with E-state index in [1.807, 2.05) is 39.8 Å². The van der Waals surface area contributed by atoms with E-state index in [0.717, 1.165) is 5.69 Å². The third-order valence-electron chi connectivity index (χ3n) is 3.03. The highest BCUT2D eigenvalue weighted by atomic mass is 16.2. The molecule has 3 nitrogen and oxygen atoms in total. The number of anilines is 1. The molecule has 0 heterocycles. The first kappa shape index (κ1) is 16.5. The molecule has 2 N–H and O–H groups in total. The van der Waals surface area contributed by atoms with Crippen LogP contribution in [0.25, 0.3) is 0 Å². The molecule has 0 saturated carbocycles. The fourth-order valence-corrected chi connectivity index (χ4v) is 1.86. The fraction of sp³-hybridized carbons (Fsp3) is 0.588. The molecule has 1 aromatic rings. The summed E-state index contributed by atoms with van der Waals surface area (Å²) in [5.74, 6) is 0.0115. The van der Waals surface area contributed by atoms with Crippen molar-refractivity contribution in [3.05, 3.63) is 29.8 Å². The summed E-state index contributed by atoms with van der Waals surface area (Å²) in [7, 11) is 0. The highest BCUT2D eigenvalue weighted by Gasteiger charge is 2.19. The first-order valence-electron chi connectivity index (χ1n) is 7.18. The third kappa shape index (κ3) is 5.24. The van der Waals surface area contributed by atoms with Gasteiger partial charge in [-0.1, -0.05) is 32.9 Å². The van der Waals surface area contributed by atoms with E-state index in [1.54, 1.807) is 0 Å². The van der Waals surface area contributed by atoms with Gasteiger partial charge in [0.05, 0.1) is 0 Å². The zero-order valence-electron chi connectivity index (χ0n) is 13.8. The Labute approximate surface area is 123 Å². The SMILES string of the molecule is CC(Nc1ccc(C(C)(C)C)cc1)C(=O)NC(C)(C)C. The summed E-state index contributed by atoms with van der Waals surface area (Å²) >= 11 is 0. The number of benzene rings is 1. The zero-order chi connectivity index (χ0) is 15.6. The minimum absolute atomic E-state index is 0.0115. The summed E-state index contributed by atoms with van der Waals surface area (Å²) in [6, 6.07) is 8.02. The lowest BCUT2D eigenvalue weighted by atomic mass is 9.87. The Bertz CT molecular complexity index is 449. The van der Waals surface area contributed by atoms with Crippen LogP contribution in [0.5, 0.6) is 0 Å². The van der Waals surface area contributed by atoms with E-state index in [9.17, 15) is 4.79 Å². The number of amides is 1. The monoisotopic (exact) mass is 276 g/mol. The Hall–Kier alpha value is -1.51. The first-order chi connectivity index (χ1) is 8.99. The summed E-state index contributed by atoms with van der Waals surface area (Å²) in [5, 5.41) is 6.20. The Morgan fingerprint density at radius 3 is 1.90 bits per heavy atom. The normalized spacial score (nSPS) is 13.8. The van der Waals surface area contributed by atoms with Crippen molar-refractivity contribution in [3.63, 3.8) is 0 Å². The molecular weight excluding hydrogens is 248 g/mol. The van der Waals surface area contributed by atoms with Gasteiger partial charge >= 0.3 is 0 Å². The topological polar surface area (TPSA) is 41.1 Å². The van der Waals surface area contributed by atoms with Gasteiger partial charge in [-0.25, -0.2) is 0 Å². The molecule has 1 aromatic carbocycles. The standard InChI is InChI=1S/C17H28N2O/c1-12(15(20)19-17(5,6)7)18-14-10-8-13(9-11-14)16(2,3)4/h8-12,18H,1-7H3,(H,19,20). The van der Waals surface area contributed by atoms with Crippen LogP contribution in [0.4, 0.5) is 5.69 Å². The van der Waals surface area contributed by atoms with E-state index in [2.05, 4.69) is 43.5 Å². The van der Waals surface area contributed by atoms with Crippen molar-refractivity contribution >= 4 is 11.6 Å². The van der Waals surface area contributed by atoms with Gasteiger partial charge in [0.2, 0.25) is 5.91 Å². The van der Waals surface area contributed by atoms with E-state index in [4.69, 9.17) is 0 Å². The number of carbonyl (C=O) groups excluding carboxylic acids is 1. The van der Waals surface area contributed by atoms with Gasteiger partial charge in [-0.05, 0) is 50.8 Å². The Kier molecular flexibility index (Phi) is 4.85. The van der Waals surface area contributed by atoms with E-state index in [0.29, 0.717) is 0 Å². The predicted octanol–water partition coefficient (Wildman–Crippen LogP) is 3.70. The van der Waals surface area contributed by atoms with Crippen molar-refractivity contribution in [1.82, 2.24) is 5.32 Å². The van der Waals surface area contributed by atoms with Crippen LogP contribution >= 0.6 is 0 Å². The van der Waals surface area contributed by atoms with Gasteiger partial charge in [0, 0.05) is 11.2 Å². The van der Waals surface area contributed by atoms with Gasteiger partial charge < -0.3 is 10.6 Å². The van der Waals surface area contributed by atoms with Gasteiger partial charge in [0.15, 0.2) is 0 Å². The Balaban J connectivity index is 2.67. The van der Waals surface area contributed by atoms with Crippen LogP contribution in [0.1, 0.15) is 54.0 Å². The van der Waals surface area contributed by atoms with E-state index in [1.165, 1.54) is 5.56 Å². The van der Waals surface area contributed by atoms with Gasteiger partial charge in [0.1, 0.15) is 6.04 Å². The molecule has 112 valence electrons. The third-order valence-corrected chi connectivity index (χ3v) is 3.03. The Morgan fingerprint density at radius 2 is 1.50 bits per heavy atom. The molecule has 1 atom stereocenters. The van der Waals surface area contributed by atoms with Crippen LogP contribution in [0, 0.1) is 0 Å². The second kappa shape index (κ2) is 5.86. The Morgan fingerprint density at radius 1 is 1.00 bits per heavy atom. The minimum atomic E-state index is -0.255. The number of rotatable bonds is 3.